The van der Waals surface area contributed by atoms with Crippen LogP contribution in [0.3, 0.4) is 0 Å². The Morgan fingerprint density at radius 1 is 1.20 bits per heavy atom. The second kappa shape index (κ2) is 6.63. The SMILES string of the molecule is CCN(c1ccccc1)S(=O)(=O)C1([N+](=O)[O-])C=CC(C)=C([N+](=O)[O-])C1. The van der Waals surface area contributed by atoms with Crippen LogP contribution in [0.15, 0.2) is 53.8 Å². The first-order valence-corrected chi connectivity index (χ1v) is 8.86. The molecule has 0 bridgehead atoms. The van der Waals surface area contributed by atoms with Gasteiger partial charge in [-0.05, 0) is 32.1 Å². The fourth-order valence-electron chi connectivity index (χ4n) is 2.67. The molecule has 0 saturated heterocycles. The Hall–Kier alpha value is -2.75. The second-order valence-corrected chi connectivity index (χ2v) is 7.60. The van der Waals surface area contributed by atoms with E-state index >= 15 is 0 Å². The molecule has 0 aromatic heterocycles. The van der Waals surface area contributed by atoms with Gasteiger partial charge in [-0.1, -0.05) is 18.2 Å². The van der Waals surface area contributed by atoms with Gasteiger partial charge < -0.3 is 0 Å². The molecule has 0 amide bonds. The van der Waals surface area contributed by atoms with Crippen LogP contribution in [0.25, 0.3) is 0 Å². The summed E-state index contributed by atoms with van der Waals surface area (Å²) >= 11 is 0. The van der Waals surface area contributed by atoms with Crippen molar-refractivity contribution >= 4 is 15.7 Å². The van der Waals surface area contributed by atoms with Crippen LogP contribution in [-0.2, 0) is 10.0 Å². The number of allylic oxidation sites excluding steroid dienone is 2. The summed E-state index contributed by atoms with van der Waals surface area (Å²) in [7, 11) is -4.57. The van der Waals surface area contributed by atoms with Gasteiger partial charge in [0, 0.05) is 23.1 Å². The van der Waals surface area contributed by atoms with E-state index in [4.69, 9.17) is 0 Å². The molecule has 0 spiro atoms. The van der Waals surface area contributed by atoms with E-state index in [1.807, 2.05) is 0 Å². The molecule has 1 aromatic rings. The van der Waals surface area contributed by atoms with Crippen molar-refractivity contribution in [2.75, 3.05) is 10.8 Å². The third-order valence-corrected chi connectivity index (χ3v) is 6.44. The summed E-state index contributed by atoms with van der Waals surface area (Å²) in [4.78, 5) is 18.6. The van der Waals surface area contributed by atoms with E-state index in [2.05, 4.69) is 0 Å². The molecule has 0 N–H and O–H groups in total. The molecule has 134 valence electrons. The van der Waals surface area contributed by atoms with Gasteiger partial charge >= 0.3 is 14.9 Å². The molecule has 0 fully saturated rings. The molecule has 1 aromatic carbocycles. The van der Waals surface area contributed by atoms with Gasteiger partial charge in [0.2, 0.25) is 0 Å². The van der Waals surface area contributed by atoms with Crippen molar-refractivity contribution in [2.45, 2.75) is 25.1 Å². The molecular weight excluding hydrogens is 350 g/mol. The maximum absolute atomic E-state index is 13.1. The summed E-state index contributed by atoms with van der Waals surface area (Å²) in [6.45, 7) is 2.91. The highest BCUT2D eigenvalue weighted by Crippen LogP contribution is 2.37. The largest absolute Gasteiger partial charge is 0.365 e. The van der Waals surface area contributed by atoms with E-state index in [0.29, 0.717) is 0 Å². The summed E-state index contributed by atoms with van der Waals surface area (Å²) < 4.78 is 27.2. The number of hydrogen-bond donors (Lipinski definition) is 0. The molecule has 1 aliphatic carbocycles. The Kier molecular flexibility index (Phi) is 4.93. The number of nitrogens with zero attached hydrogens (tertiary/aromatic N) is 3. The molecule has 0 aliphatic heterocycles. The Balaban J connectivity index is 2.63. The lowest BCUT2D eigenvalue weighted by atomic mass is 10.0. The van der Waals surface area contributed by atoms with Crippen molar-refractivity contribution in [2.24, 2.45) is 0 Å². The zero-order chi connectivity index (χ0) is 18.8. The monoisotopic (exact) mass is 367 g/mol. The molecule has 1 atom stereocenters. The number of sulfonamides is 1. The van der Waals surface area contributed by atoms with E-state index in [1.54, 1.807) is 25.1 Å². The van der Waals surface area contributed by atoms with Gasteiger partial charge in [-0.2, -0.15) is 8.42 Å². The highest BCUT2D eigenvalue weighted by Gasteiger charge is 2.60. The van der Waals surface area contributed by atoms with Gasteiger partial charge in [-0.15, -0.1) is 0 Å². The highest BCUT2D eigenvalue weighted by molar-refractivity contribution is 7.94. The molecule has 2 rings (SSSR count). The van der Waals surface area contributed by atoms with E-state index in [-0.39, 0.29) is 17.8 Å². The zero-order valence-corrected chi connectivity index (χ0v) is 14.5. The number of benzene rings is 1. The second-order valence-electron chi connectivity index (χ2n) is 5.50. The minimum absolute atomic E-state index is 0.0493. The van der Waals surface area contributed by atoms with Crippen LogP contribution in [0, 0.1) is 20.2 Å². The van der Waals surface area contributed by atoms with E-state index in [9.17, 15) is 28.6 Å². The van der Waals surface area contributed by atoms with E-state index in [0.717, 1.165) is 16.5 Å². The fourth-order valence-corrected chi connectivity index (χ4v) is 4.54. The average Bonchev–Trinajstić information content (AvgIpc) is 2.56. The molecule has 25 heavy (non-hydrogen) atoms. The molecule has 0 heterocycles. The first kappa shape index (κ1) is 18.6. The molecular formula is C15H17N3O6S. The number of para-hydroxylation sites is 1. The van der Waals surface area contributed by atoms with Gasteiger partial charge in [0.1, 0.15) is 6.42 Å². The molecule has 1 unspecified atom stereocenters. The van der Waals surface area contributed by atoms with Crippen LogP contribution in [-0.4, -0.2) is 29.7 Å². The van der Waals surface area contributed by atoms with Gasteiger partial charge in [0.15, 0.2) is 0 Å². The molecule has 10 heteroatoms. The lowest BCUT2D eigenvalue weighted by Crippen LogP contribution is -2.53. The summed E-state index contributed by atoms with van der Waals surface area (Å²) in [5.41, 5.74) is -0.0270. The molecule has 0 saturated carbocycles. The van der Waals surface area contributed by atoms with Crippen molar-refractivity contribution in [1.29, 1.82) is 0 Å². The highest BCUT2D eigenvalue weighted by atomic mass is 32.2. The van der Waals surface area contributed by atoms with Crippen LogP contribution in [0.4, 0.5) is 5.69 Å². The molecule has 0 radical (unpaired) electrons. The number of nitro groups is 2. The van der Waals surface area contributed by atoms with Gasteiger partial charge in [0.05, 0.1) is 10.6 Å². The zero-order valence-electron chi connectivity index (χ0n) is 13.7. The fraction of sp³-hybridized carbons (Fsp3) is 0.333. The number of hydrogen-bond acceptors (Lipinski definition) is 6. The standard InChI is InChI=1S/C15H17N3O6S/c1-3-16(13-7-5-4-6-8-13)25(23,24)15(18(21)22)10-9-12(2)14(11-15)17(19)20/h4-10H,3,11H2,1-2H3. The first-order chi connectivity index (χ1) is 11.7. The van der Waals surface area contributed by atoms with Gasteiger partial charge in [-0.3, -0.25) is 24.5 Å². The summed E-state index contributed by atoms with van der Waals surface area (Å²) in [5, 5.41) is 22.9. The Morgan fingerprint density at radius 2 is 1.80 bits per heavy atom. The van der Waals surface area contributed by atoms with Crippen LogP contribution in [0.1, 0.15) is 20.3 Å². The predicted molar refractivity (Wildman–Crippen MR) is 91.6 cm³/mol. The topological polar surface area (TPSA) is 124 Å². The normalized spacial score (nSPS) is 20.4. The van der Waals surface area contributed by atoms with Gasteiger partial charge in [0.25, 0.3) is 5.70 Å². The maximum Gasteiger partial charge on any atom is 0.365 e. The summed E-state index contributed by atoms with van der Waals surface area (Å²) in [5.74, 6) is 0. The number of anilines is 1. The number of rotatable bonds is 6. The van der Waals surface area contributed by atoms with Crippen molar-refractivity contribution in [3.63, 3.8) is 0 Å². The maximum atomic E-state index is 13.1. The van der Waals surface area contributed by atoms with Crippen LogP contribution < -0.4 is 4.31 Å². The van der Waals surface area contributed by atoms with Gasteiger partial charge in [-0.25, -0.2) is 0 Å². The minimum Gasteiger partial charge on any atom is -0.264 e. The smallest absolute Gasteiger partial charge is 0.264 e. The van der Waals surface area contributed by atoms with E-state index < -0.39 is 36.9 Å². The average molecular weight is 367 g/mol. The first-order valence-electron chi connectivity index (χ1n) is 7.42. The Morgan fingerprint density at radius 3 is 2.28 bits per heavy atom. The lowest BCUT2D eigenvalue weighted by molar-refractivity contribution is -0.534. The minimum atomic E-state index is -4.57. The van der Waals surface area contributed by atoms with Crippen molar-refractivity contribution < 1.29 is 18.3 Å². The van der Waals surface area contributed by atoms with Crippen molar-refractivity contribution in [1.82, 2.24) is 0 Å². The quantitative estimate of drug-likeness (QED) is 0.561. The van der Waals surface area contributed by atoms with Crippen LogP contribution >= 0.6 is 0 Å². The van der Waals surface area contributed by atoms with E-state index in [1.165, 1.54) is 19.1 Å². The Bertz CT molecular complexity index is 863. The van der Waals surface area contributed by atoms with Crippen molar-refractivity contribution in [3.8, 4) is 0 Å². The lowest BCUT2D eigenvalue weighted by Gasteiger charge is -2.31. The molecule has 9 nitrogen and oxygen atoms in total. The van der Waals surface area contributed by atoms with Crippen LogP contribution in [0.2, 0.25) is 0 Å². The predicted octanol–water partition coefficient (Wildman–Crippen LogP) is 2.33. The Labute approximate surface area is 144 Å². The summed E-state index contributed by atoms with van der Waals surface area (Å²) in [6, 6.07) is 7.92. The summed E-state index contributed by atoms with van der Waals surface area (Å²) in [6.07, 6.45) is 1.22. The third kappa shape index (κ3) is 3.00. The third-order valence-electron chi connectivity index (χ3n) is 4.07. The van der Waals surface area contributed by atoms with Crippen LogP contribution in [0.5, 0.6) is 0 Å². The molecule has 1 aliphatic rings. The van der Waals surface area contributed by atoms with Crippen molar-refractivity contribution in [3.05, 3.63) is 74.0 Å².